The van der Waals surface area contributed by atoms with Gasteiger partial charge in [0.1, 0.15) is 18.3 Å². The molecule has 0 aromatic carbocycles. The molecular weight excluding hydrogens is 301 g/mol. The molecule has 22 heavy (non-hydrogen) atoms. The lowest BCUT2D eigenvalue weighted by molar-refractivity contribution is -0.141. The minimum atomic E-state index is -4.48. The first-order valence-electron chi connectivity index (χ1n) is 6.61. The Bertz CT molecular complexity index is 618. The van der Waals surface area contributed by atoms with Crippen molar-refractivity contribution in [2.45, 2.75) is 18.8 Å². The summed E-state index contributed by atoms with van der Waals surface area (Å²) in [5.41, 5.74) is -0.947. The van der Waals surface area contributed by atoms with Crippen LogP contribution in [0.5, 0.6) is 0 Å². The first kappa shape index (κ1) is 14.7. The summed E-state index contributed by atoms with van der Waals surface area (Å²) in [5, 5.41) is 3.98. The summed E-state index contributed by atoms with van der Waals surface area (Å²) >= 11 is 0. The fourth-order valence-corrected chi connectivity index (χ4v) is 2.21. The van der Waals surface area contributed by atoms with Gasteiger partial charge in [-0.3, -0.25) is 4.68 Å². The summed E-state index contributed by atoms with van der Waals surface area (Å²) in [4.78, 5) is 13.0. The van der Waals surface area contributed by atoms with Crippen LogP contribution in [0, 0.1) is 0 Å². The lowest BCUT2D eigenvalue weighted by atomic mass is 10.3. The summed E-state index contributed by atoms with van der Waals surface area (Å²) in [7, 11) is 0. The number of rotatable bonds is 3. The highest BCUT2D eigenvalue weighted by molar-refractivity contribution is 5.31. The smallest absolute Gasteiger partial charge is 0.373 e. The molecule has 0 unspecified atom stereocenters. The second kappa shape index (κ2) is 5.87. The van der Waals surface area contributed by atoms with Crippen LogP contribution in [0.15, 0.2) is 24.9 Å². The van der Waals surface area contributed by atoms with Crippen molar-refractivity contribution in [1.82, 2.24) is 24.7 Å². The normalized spacial score (nSPS) is 19.4. The van der Waals surface area contributed by atoms with Crippen LogP contribution < -0.4 is 4.90 Å². The van der Waals surface area contributed by atoms with E-state index >= 15 is 0 Å². The highest BCUT2D eigenvalue weighted by Crippen LogP contribution is 2.28. The maximum absolute atomic E-state index is 12.7. The lowest BCUT2D eigenvalue weighted by Crippen LogP contribution is -2.45. The van der Waals surface area contributed by atoms with Gasteiger partial charge in [-0.1, -0.05) is 0 Å². The van der Waals surface area contributed by atoms with Gasteiger partial charge in [0.05, 0.1) is 19.3 Å². The zero-order valence-electron chi connectivity index (χ0n) is 11.4. The molecule has 0 saturated carbocycles. The molecule has 1 aliphatic rings. The fourth-order valence-electron chi connectivity index (χ4n) is 2.21. The Hall–Kier alpha value is -2.23. The molecule has 10 heteroatoms. The number of aromatic nitrogens is 5. The van der Waals surface area contributed by atoms with Gasteiger partial charge >= 0.3 is 6.18 Å². The second-order valence-electron chi connectivity index (χ2n) is 4.80. The Morgan fingerprint density at radius 1 is 1.36 bits per heavy atom. The van der Waals surface area contributed by atoms with E-state index in [-0.39, 0.29) is 12.1 Å². The van der Waals surface area contributed by atoms with Crippen LogP contribution in [-0.2, 0) is 17.5 Å². The Morgan fingerprint density at radius 2 is 2.23 bits per heavy atom. The van der Waals surface area contributed by atoms with Crippen LogP contribution in [0.2, 0.25) is 0 Å². The quantitative estimate of drug-likeness (QED) is 0.841. The molecule has 0 N–H and O–H groups in total. The first-order chi connectivity index (χ1) is 10.5. The van der Waals surface area contributed by atoms with E-state index in [1.165, 1.54) is 6.33 Å². The lowest BCUT2D eigenvalue weighted by Gasteiger charge is -2.32. The molecule has 0 spiro atoms. The zero-order chi connectivity index (χ0) is 15.6. The van der Waals surface area contributed by atoms with Crippen LogP contribution in [-0.4, -0.2) is 50.5 Å². The summed E-state index contributed by atoms with van der Waals surface area (Å²) in [6, 6.07) is 0.858. The van der Waals surface area contributed by atoms with Crippen LogP contribution in [0.25, 0.3) is 0 Å². The van der Waals surface area contributed by atoms with E-state index < -0.39 is 11.9 Å². The molecule has 1 atom stereocenters. The van der Waals surface area contributed by atoms with Gasteiger partial charge in [-0.05, 0) is 6.07 Å². The number of halogens is 3. The van der Waals surface area contributed by atoms with Crippen molar-refractivity contribution in [2.75, 3.05) is 24.6 Å². The van der Waals surface area contributed by atoms with Crippen molar-refractivity contribution in [3.05, 3.63) is 30.6 Å². The predicted octanol–water partition coefficient (Wildman–Crippen LogP) is 0.992. The first-order valence-corrected chi connectivity index (χ1v) is 6.61. The highest BCUT2D eigenvalue weighted by atomic mass is 19.4. The van der Waals surface area contributed by atoms with E-state index in [0.717, 1.165) is 12.3 Å². The number of morpholine rings is 1. The maximum atomic E-state index is 12.7. The summed E-state index contributed by atoms with van der Waals surface area (Å²) in [6.45, 7) is 1.69. The average molecular weight is 314 g/mol. The number of nitrogens with zero attached hydrogens (tertiary/aromatic N) is 6. The molecule has 1 saturated heterocycles. The van der Waals surface area contributed by atoms with E-state index in [2.05, 4.69) is 20.1 Å². The minimum absolute atomic E-state index is 0.0571. The minimum Gasteiger partial charge on any atom is -0.373 e. The Labute approximate surface area is 123 Å². The van der Waals surface area contributed by atoms with Gasteiger partial charge in [0.15, 0.2) is 0 Å². The van der Waals surface area contributed by atoms with Crippen LogP contribution >= 0.6 is 0 Å². The van der Waals surface area contributed by atoms with Crippen molar-refractivity contribution in [2.24, 2.45) is 0 Å². The largest absolute Gasteiger partial charge is 0.433 e. The van der Waals surface area contributed by atoms with Crippen molar-refractivity contribution in [3.8, 4) is 0 Å². The van der Waals surface area contributed by atoms with Crippen LogP contribution in [0.4, 0.5) is 19.1 Å². The monoisotopic (exact) mass is 314 g/mol. The zero-order valence-corrected chi connectivity index (χ0v) is 11.4. The third kappa shape index (κ3) is 3.32. The third-order valence-corrected chi connectivity index (χ3v) is 3.21. The third-order valence-electron chi connectivity index (χ3n) is 3.21. The van der Waals surface area contributed by atoms with Gasteiger partial charge < -0.3 is 9.64 Å². The molecule has 3 heterocycles. The van der Waals surface area contributed by atoms with Crippen molar-refractivity contribution >= 4 is 5.95 Å². The molecule has 0 aliphatic carbocycles. The summed E-state index contributed by atoms with van der Waals surface area (Å²) < 4.78 is 45.3. The van der Waals surface area contributed by atoms with E-state index in [1.54, 1.807) is 15.9 Å². The number of hydrogen-bond donors (Lipinski definition) is 0. The van der Waals surface area contributed by atoms with Crippen LogP contribution in [0.3, 0.4) is 0 Å². The average Bonchev–Trinajstić information content (AvgIpc) is 3.00. The summed E-state index contributed by atoms with van der Waals surface area (Å²) in [5.74, 6) is 0.0571. The number of anilines is 1. The Morgan fingerprint density at radius 3 is 2.95 bits per heavy atom. The molecule has 2 aromatic rings. The number of ether oxygens (including phenoxy) is 1. The topological polar surface area (TPSA) is 69.0 Å². The molecule has 2 aromatic heterocycles. The van der Waals surface area contributed by atoms with E-state index in [1.807, 2.05) is 0 Å². The van der Waals surface area contributed by atoms with Crippen molar-refractivity contribution in [1.29, 1.82) is 0 Å². The summed E-state index contributed by atoms with van der Waals surface area (Å²) in [6.07, 6.45) is -0.606. The number of alkyl halides is 3. The van der Waals surface area contributed by atoms with Gasteiger partial charge in [-0.2, -0.15) is 18.3 Å². The Balaban J connectivity index is 1.72. The standard InChI is InChI=1S/C12H13F3N6O/c13-12(14,15)10-1-2-17-11(19-10)20-3-4-22-9(5-20)6-21-8-16-7-18-21/h1-2,7-9H,3-6H2/t9-/m0/s1. The van der Waals surface area contributed by atoms with Gasteiger partial charge in [-0.25, -0.2) is 15.0 Å². The van der Waals surface area contributed by atoms with Gasteiger partial charge in [0.2, 0.25) is 5.95 Å². The van der Waals surface area contributed by atoms with Crippen LogP contribution in [0.1, 0.15) is 5.69 Å². The molecular formula is C12H13F3N6O. The Kier molecular flexibility index (Phi) is 3.92. The fraction of sp³-hybridized carbons (Fsp3) is 0.500. The molecule has 3 rings (SSSR count). The molecule has 0 amide bonds. The van der Waals surface area contributed by atoms with E-state index in [4.69, 9.17) is 4.74 Å². The van der Waals surface area contributed by atoms with Gasteiger partial charge in [0.25, 0.3) is 0 Å². The molecule has 0 radical (unpaired) electrons. The maximum Gasteiger partial charge on any atom is 0.433 e. The number of hydrogen-bond acceptors (Lipinski definition) is 6. The molecule has 1 fully saturated rings. The van der Waals surface area contributed by atoms with Gasteiger partial charge in [-0.15, -0.1) is 0 Å². The van der Waals surface area contributed by atoms with Crippen molar-refractivity contribution < 1.29 is 17.9 Å². The van der Waals surface area contributed by atoms with Crippen molar-refractivity contribution in [3.63, 3.8) is 0 Å². The second-order valence-corrected chi connectivity index (χ2v) is 4.80. The van der Waals surface area contributed by atoms with Gasteiger partial charge in [0, 0.05) is 19.3 Å². The highest BCUT2D eigenvalue weighted by Gasteiger charge is 2.33. The SMILES string of the molecule is FC(F)(F)c1ccnc(N2CCO[C@H](Cn3cncn3)C2)n1. The van der Waals surface area contributed by atoms with E-state index in [0.29, 0.717) is 26.2 Å². The predicted molar refractivity (Wildman–Crippen MR) is 69.0 cm³/mol. The molecule has 7 nitrogen and oxygen atoms in total. The molecule has 118 valence electrons. The molecule has 1 aliphatic heterocycles. The van der Waals surface area contributed by atoms with E-state index in [9.17, 15) is 13.2 Å². The molecule has 0 bridgehead atoms.